The molecule has 7 rings (SSSR count). The van der Waals surface area contributed by atoms with E-state index < -0.39 is 0 Å². The number of ether oxygens (including phenoxy) is 1. The third-order valence-corrected chi connectivity index (χ3v) is 10.4. The fourth-order valence-electron chi connectivity index (χ4n) is 8.08. The second-order valence-corrected chi connectivity index (χ2v) is 16.5. The first kappa shape index (κ1) is 33.8. The second kappa shape index (κ2) is 12.6. The number of hydrogen-bond donors (Lipinski definition) is 0. The number of rotatable bonds is 6. The molecule has 5 heteroatoms. The molecular weight excluding hydrogens is 613 g/mol. The molecule has 1 aliphatic rings. The van der Waals surface area contributed by atoms with Gasteiger partial charge >= 0.3 is 0 Å². The number of hydrogen-bond acceptors (Lipinski definition) is 3. The number of aryl methyl sites for hydroxylation is 2. The summed E-state index contributed by atoms with van der Waals surface area (Å²) in [5, 5.41) is 7.90. The van der Waals surface area contributed by atoms with E-state index in [-0.39, 0.29) is 10.8 Å². The Morgan fingerprint density at radius 1 is 0.820 bits per heavy atom. The van der Waals surface area contributed by atoms with E-state index in [2.05, 4.69) is 151 Å². The summed E-state index contributed by atoms with van der Waals surface area (Å²) in [6.07, 6.45) is 7.58. The molecule has 0 radical (unpaired) electrons. The lowest BCUT2D eigenvalue weighted by Crippen LogP contribution is -2.25. The van der Waals surface area contributed by atoms with Gasteiger partial charge in [0.05, 0.1) is 28.1 Å². The lowest BCUT2D eigenvalue weighted by Gasteiger charge is -2.34. The summed E-state index contributed by atoms with van der Waals surface area (Å²) < 4.78 is 11.3. The molecule has 0 N–H and O–H groups in total. The zero-order valence-electron chi connectivity index (χ0n) is 31.6. The van der Waals surface area contributed by atoms with Gasteiger partial charge in [-0.25, -0.2) is 9.67 Å². The van der Waals surface area contributed by atoms with E-state index in [1.807, 2.05) is 12.3 Å². The van der Waals surface area contributed by atoms with Gasteiger partial charge in [0, 0.05) is 51.4 Å². The predicted molar refractivity (Wildman–Crippen MR) is 209 cm³/mol. The molecule has 6 aromatic rings. The molecule has 2 atom stereocenters. The number of benzene rings is 3. The smallest absolute Gasteiger partial charge is 0.137 e. The normalized spacial score (nSPS) is 17.0. The minimum absolute atomic E-state index is 0.111. The number of aromatic nitrogens is 4. The molecule has 5 nitrogen and oxygen atoms in total. The average Bonchev–Trinajstić information content (AvgIpc) is 3.62. The molecule has 3 heterocycles. The number of allylic oxidation sites excluding steroid dienone is 2. The lowest BCUT2D eigenvalue weighted by atomic mass is 9.70. The summed E-state index contributed by atoms with van der Waals surface area (Å²) in [7, 11) is 0. The van der Waals surface area contributed by atoms with E-state index in [0.29, 0.717) is 11.8 Å². The van der Waals surface area contributed by atoms with Crippen molar-refractivity contribution in [1.29, 1.82) is 0 Å². The Kier molecular flexibility index (Phi) is 8.53. The van der Waals surface area contributed by atoms with Crippen LogP contribution in [0.4, 0.5) is 0 Å². The van der Waals surface area contributed by atoms with Crippen molar-refractivity contribution in [2.45, 2.75) is 105 Å². The van der Waals surface area contributed by atoms with Gasteiger partial charge in [0.1, 0.15) is 17.3 Å². The Hall–Kier alpha value is -4.64. The van der Waals surface area contributed by atoms with Crippen LogP contribution in [0.15, 0.2) is 90.6 Å². The molecule has 1 unspecified atom stereocenters. The predicted octanol–water partition coefficient (Wildman–Crippen LogP) is 12.1. The van der Waals surface area contributed by atoms with Crippen LogP contribution in [0.3, 0.4) is 0 Å². The summed E-state index contributed by atoms with van der Waals surface area (Å²) in [5.41, 5.74) is 10.8. The van der Waals surface area contributed by atoms with Gasteiger partial charge in [-0.15, -0.1) is 0 Å². The van der Waals surface area contributed by atoms with Gasteiger partial charge in [0.25, 0.3) is 0 Å². The molecule has 0 aliphatic heterocycles. The van der Waals surface area contributed by atoms with E-state index in [1.54, 1.807) is 0 Å². The Morgan fingerprint density at radius 2 is 1.58 bits per heavy atom. The highest BCUT2D eigenvalue weighted by molar-refractivity contribution is 6.09. The number of nitrogens with zero attached hydrogens (tertiary/aromatic N) is 4. The first-order chi connectivity index (χ1) is 23.7. The van der Waals surface area contributed by atoms with Crippen molar-refractivity contribution in [3.63, 3.8) is 0 Å². The van der Waals surface area contributed by atoms with Crippen molar-refractivity contribution in [3.8, 4) is 23.0 Å². The molecule has 3 aromatic heterocycles. The van der Waals surface area contributed by atoms with Crippen LogP contribution in [0, 0.1) is 12.8 Å². The minimum Gasteiger partial charge on any atom is -0.457 e. The van der Waals surface area contributed by atoms with E-state index in [4.69, 9.17) is 14.8 Å². The van der Waals surface area contributed by atoms with Crippen molar-refractivity contribution in [2.24, 2.45) is 5.92 Å². The van der Waals surface area contributed by atoms with Crippen molar-refractivity contribution in [3.05, 3.63) is 119 Å². The molecule has 0 bridgehead atoms. The largest absolute Gasteiger partial charge is 0.457 e. The van der Waals surface area contributed by atoms with Crippen LogP contribution < -0.4 is 4.74 Å². The molecule has 0 amide bonds. The quantitative estimate of drug-likeness (QED) is 0.166. The van der Waals surface area contributed by atoms with Crippen LogP contribution in [-0.4, -0.2) is 19.3 Å². The third kappa shape index (κ3) is 6.05. The molecule has 1 aliphatic carbocycles. The highest BCUT2D eigenvalue weighted by Crippen LogP contribution is 2.47. The molecule has 3 aromatic carbocycles. The zero-order chi connectivity index (χ0) is 35.5. The molecule has 50 heavy (non-hydrogen) atoms. The van der Waals surface area contributed by atoms with Crippen LogP contribution in [-0.2, 0) is 17.3 Å². The van der Waals surface area contributed by atoms with Gasteiger partial charge in [0.2, 0.25) is 0 Å². The van der Waals surface area contributed by atoms with Crippen molar-refractivity contribution >= 4 is 21.8 Å². The Balaban J connectivity index is 1.39. The minimum atomic E-state index is -0.130. The summed E-state index contributed by atoms with van der Waals surface area (Å²) in [5.74, 6) is 3.41. The molecular formula is C45H52N4O. The maximum atomic E-state index is 6.80. The lowest BCUT2D eigenvalue weighted by molar-refractivity contribution is 0.431. The van der Waals surface area contributed by atoms with E-state index in [1.165, 1.54) is 50.8 Å². The molecule has 258 valence electrons. The standard InChI is InChI=1S/C45H52N4O/c1-11-31-24-32(49-43(45(8,9)10)41(42(47-49)44(5,6)7)40-29(3)15-14-16-30(40)4)26-34(25-31)50-33-19-20-36-35-17-12-13-18-37(35)48(38(36)27-33)39-23-28(2)21-22-46-39/h12-13,15,17-27,30,40H,11,14,16H2,1-10H3/t30-,40?/m0/s1. The van der Waals surface area contributed by atoms with Gasteiger partial charge < -0.3 is 4.74 Å². The van der Waals surface area contributed by atoms with Crippen LogP contribution in [0.5, 0.6) is 11.5 Å². The summed E-state index contributed by atoms with van der Waals surface area (Å²) in [4.78, 5) is 4.77. The Bertz CT molecular complexity index is 2250. The summed E-state index contributed by atoms with van der Waals surface area (Å²) in [6, 6.07) is 25.8. The number of fused-ring (bicyclic) bond motifs is 3. The highest BCUT2D eigenvalue weighted by atomic mass is 16.5. The fourth-order valence-corrected chi connectivity index (χ4v) is 8.08. The third-order valence-electron chi connectivity index (χ3n) is 10.4. The van der Waals surface area contributed by atoms with Crippen molar-refractivity contribution in [2.75, 3.05) is 0 Å². The van der Waals surface area contributed by atoms with Gasteiger partial charge in [-0.1, -0.05) is 85.2 Å². The van der Waals surface area contributed by atoms with E-state index in [9.17, 15) is 0 Å². The van der Waals surface area contributed by atoms with Gasteiger partial charge in [-0.2, -0.15) is 5.10 Å². The van der Waals surface area contributed by atoms with E-state index >= 15 is 0 Å². The average molecular weight is 665 g/mol. The Morgan fingerprint density at radius 3 is 2.28 bits per heavy atom. The molecule has 0 saturated carbocycles. The first-order valence-electron chi connectivity index (χ1n) is 18.3. The Labute approximate surface area is 298 Å². The van der Waals surface area contributed by atoms with Crippen molar-refractivity contribution < 1.29 is 4.74 Å². The van der Waals surface area contributed by atoms with E-state index in [0.717, 1.165) is 46.9 Å². The SMILES string of the molecule is CCc1cc(Oc2ccc3c4ccccc4n(-c4cc(C)ccn4)c3c2)cc(-n2nc(C(C)(C)C)c(C3C(C)=CCC[C@@H]3C)c2C(C)(C)C)c1. The monoisotopic (exact) mass is 664 g/mol. The maximum absolute atomic E-state index is 6.80. The summed E-state index contributed by atoms with van der Waals surface area (Å²) >= 11 is 0. The number of para-hydroxylation sites is 1. The summed E-state index contributed by atoms with van der Waals surface area (Å²) in [6.45, 7) is 23.0. The van der Waals surface area contributed by atoms with Crippen LogP contribution >= 0.6 is 0 Å². The highest BCUT2D eigenvalue weighted by Gasteiger charge is 2.39. The molecule has 0 spiro atoms. The molecule has 0 fully saturated rings. The maximum Gasteiger partial charge on any atom is 0.137 e. The second-order valence-electron chi connectivity index (χ2n) is 16.5. The van der Waals surface area contributed by atoms with Crippen molar-refractivity contribution in [1.82, 2.24) is 19.3 Å². The van der Waals surface area contributed by atoms with Gasteiger partial charge in [0.15, 0.2) is 0 Å². The number of pyridine rings is 1. The van der Waals surface area contributed by atoms with Crippen LogP contribution in [0.2, 0.25) is 0 Å². The molecule has 0 saturated heterocycles. The van der Waals surface area contributed by atoms with Gasteiger partial charge in [-0.05, 0) is 92.6 Å². The van der Waals surface area contributed by atoms with Crippen LogP contribution in [0.25, 0.3) is 33.3 Å². The topological polar surface area (TPSA) is 44.9 Å². The van der Waals surface area contributed by atoms with Gasteiger partial charge in [-0.3, -0.25) is 4.57 Å². The zero-order valence-corrected chi connectivity index (χ0v) is 31.6. The fraction of sp³-hybridized carbons (Fsp3) is 0.378. The first-order valence-corrected chi connectivity index (χ1v) is 18.3. The van der Waals surface area contributed by atoms with Crippen LogP contribution in [0.1, 0.15) is 109 Å².